The first-order valence-corrected chi connectivity index (χ1v) is 10.2. The molecule has 2 aliphatic rings. The molecule has 29 heavy (non-hydrogen) atoms. The highest BCUT2D eigenvalue weighted by Crippen LogP contribution is 2.18. The van der Waals surface area contributed by atoms with Gasteiger partial charge in [0.05, 0.1) is 12.5 Å². The highest BCUT2D eigenvalue weighted by atomic mass is 127. The number of aliphatic imine (C=N–C) groups is 1. The van der Waals surface area contributed by atoms with Crippen LogP contribution in [-0.2, 0) is 6.42 Å². The van der Waals surface area contributed by atoms with Gasteiger partial charge >= 0.3 is 0 Å². The minimum atomic E-state index is -0.0373. The minimum absolute atomic E-state index is 0. The van der Waals surface area contributed by atoms with Crippen molar-refractivity contribution in [2.24, 2.45) is 4.99 Å². The minimum Gasteiger partial charge on any atom is -0.469 e. The average Bonchev–Trinajstić information content (AvgIpc) is 3.50. The zero-order valence-corrected chi connectivity index (χ0v) is 18.9. The van der Waals surface area contributed by atoms with Gasteiger partial charge in [0.2, 0.25) is 0 Å². The molecule has 3 heterocycles. The molecule has 1 aliphatic carbocycles. The number of hydrogen-bond acceptors (Lipinski definition) is 4. The van der Waals surface area contributed by atoms with Gasteiger partial charge in [-0.2, -0.15) is 0 Å². The van der Waals surface area contributed by atoms with Crippen LogP contribution in [0.4, 0.5) is 0 Å². The number of guanidine groups is 1. The van der Waals surface area contributed by atoms with Crippen molar-refractivity contribution in [2.45, 2.75) is 38.1 Å². The molecule has 8 heteroatoms. The molecule has 2 fully saturated rings. The molecule has 1 saturated carbocycles. The van der Waals surface area contributed by atoms with Crippen molar-refractivity contribution < 1.29 is 13.6 Å². The number of carbonyl (C=O) groups excluding carboxylic acids is 1. The first-order valence-electron chi connectivity index (χ1n) is 10.2. The summed E-state index contributed by atoms with van der Waals surface area (Å²) in [6.45, 7) is 3.57. The summed E-state index contributed by atoms with van der Waals surface area (Å²) >= 11 is 0. The fourth-order valence-corrected chi connectivity index (χ4v) is 3.89. The van der Waals surface area contributed by atoms with E-state index in [1.165, 1.54) is 25.7 Å². The summed E-state index contributed by atoms with van der Waals surface area (Å²) in [7, 11) is 0. The van der Waals surface area contributed by atoms with Gasteiger partial charge in [-0.3, -0.25) is 9.79 Å². The summed E-state index contributed by atoms with van der Waals surface area (Å²) in [5, 5.41) is 3.66. The summed E-state index contributed by atoms with van der Waals surface area (Å²) in [4.78, 5) is 21.5. The third-order valence-corrected chi connectivity index (χ3v) is 5.49. The third-order valence-electron chi connectivity index (χ3n) is 5.49. The van der Waals surface area contributed by atoms with E-state index in [0.717, 1.165) is 31.2 Å². The van der Waals surface area contributed by atoms with Gasteiger partial charge < -0.3 is 24.0 Å². The van der Waals surface area contributed by atoms with Crippen LogP contribution in [0.5, 0.6) is 0 Å². The molecule has 4 rings (SSSR count). The number of carbonyl (C=O) groups is 1. The van der Waals surface area contributed by atoms with E-state index in [9.17, 15) is 4.79 Å². The van der Waals surface area contributed by atoms with Crippen LogP contribution < -0.4 is 5.32 Å². The second-order valence-corrected chi connectivity index (χ2v) is 7.42. The van der Waals surface area contributed by atoms with Crippen LogP contribution in [-0.4, -0.2) is 60.4 Å². The smallest absolute Gasteiger partial charge is 0.289 e. The van der Waals surface area contributed by atoms with E-state index in [-0.39, 0.29) is 29.9 Å². The molecule has 158 valence electrons. The molecule has 0 bridgehead atoms. The van der Waals surface area contributed by atoms with Crippen LogP contribution >= 0.6 is 24.0 Å². The second kappa shape index (κ2) is 10.7. The van der Waals surface area contributed by atoms with Gasteiger partial charge in [0, 0.05) is 45.2 Å². The van der Waals surface area contributed by atoms with Crippen LogP contribution in [0.1, 0.15) is 42.0 Å². The Labute approximate surface area is 188 Å². The Balaban J connectivity index is 0.00000240. The highest BCUT2D eigenvalue weighted by Gasteiger charge is 2.26. The Morgan fingerprint density at radius 1 is 1.03 bits per heavy atom. The van der Waals surface area contributed by atoms with Crippen molar-refractivity contribution in [1.29, 1.82) is 0 Å². The maximum absolute atomic E-state index is 12.5. The molecule has 0 atom stereocenters. The van der Waals surface area contributed by atoms with E-state index in [1.807, 2.05) is 17.0 Å². The van der Waals surface area contributed by atoms with Crippen LogP contribution in [0.2, 0.25) is 0 Å². The molecule has 0 spiro atoms. The Morgan fingerprint density at radius 2 is 1.72 bits per heavy atom. The van der Waals surface area contributed by atoms with E-state index in [2.05, 4.69) is 10.2 Å². The molecule has 0 aromatic carbocycles. The first kappa shape index (κ1) is 21.7. The van der Waals surface area contributed by atoms with Crippen molar-refractivity contribution in [3.63, 3.8) is 0 Å². The zero-order chi connectivity index (χ0) is 19.2. The molecule has 1 saturated heterocycles. The number of hydrogen-bond donors (Lipinski definition) is 1. The van der Waals surface area contributed by atoms with Gasteiger partial charge in [0.25, 0.3) is 5.91 Å². The predicted molar refractivity (Wildman–Crippen MR) is 122 cm³/mol. The lowest BCUT2D eigenvalue weighted by Crippen LogP contribution is -2.55. The van der Waals surface area contributed by atoms with Crippen LogP contribution in [0.3, 0.4) is 0 Å². The largest absolute Gasteiger partial charge is 0.469 e. The Hall–Kier alpha value is -1.97. The number of rotatable bonds is 5. The topological polar surface area (TPSA) is 74.2 Å². The van der Waals surface area contributed by atoms with Crippen molar-refractivity contribution in [3.05, 3.63) is 48.3 Å². The summed E-state index contributed by atoms with van der Waals surface area (Å²) < 4.78 is 10.7. The van der Waals surface area contributed by atoms with Gasteiger partial charge in [-0.1, -0.05) is 12.8 Å². The van der Waals surface area contributed by atoms with Crippen molar-refractivity contribution in [2.75, 3.05) is 32.7 Å². The van der Waals surface area contributed by atoms with E-state index in [0.29, 0.717) is 31.4 Å². The fraction of sp³-hybridized carbons (Fsp3) is 0.524. The van der Waals surface area contributed by atoms with Crippen molar-refractivity contribution >= 4 is 35.8 Å². The lowest BCUT2D eigenvalue weighted by Gasteiger charge is -2.37. The lowest BCUT2D eigenvalue weighted by molar-refractivity contribution is 0.0657. The first-order chi connectivity index (χ1) is 13.8. The van der Waals surface area contributed by atoms with E-state index in [1.54, 1.807) is 24.7 Å². The van der Waals surface area contributed by atoms with E-state index in [4.69, 9.17) is 13.8 Å². The summed E-state index contributed by atoms with van der Waals surface area (Å²) in [5.74, 6) is 2.29. The number of furan rings is 2. The number of nitrogens with one attached hydrogen (secondary N) is 1. The second-order valence-electron chi connectivity index (χ2n) is 7.42. The number of halogens is 1. The Morgan fingerprint density at radius 3 is 2.38 bits per heavy atom. The number of nitrogens with zero attached hydrogens (tertiary/aromatic N) is 3. The molecule has 2 aromatic rings. The maximum Gasteiger partial charge on any atom is 0.289 e. The fourth-order valence-electron chi connectivity index (χ4n) is 3.89. The summed E-state index contributed by atoms with van der Waals surface area (Å²) in [6, 6.07) is 7.87. The van der Waals surface area contributed by atoms with Crippen LogP contribution in [0.25, 0.3) is 0 Å². The van der Waals surface area contributed by atoms with Gasteiger partial charge in [0.15, 0.2) is 11.7 Å². The average molecular weight is 512 g/mol. The predicted octanol–water partition coefficient (Wildman–Crippen LogP) is 3.38. The molecule has 0 radical (unpaired) electrons. The normalized spacial score (nSPS) is 18.0. The molecule has 1 aliphatic heterocycles. The molecule has 1 N–H and O–H groups in total. The molecule has 1 amide bonds. The maximum atomic E-state index is 12.5. The standard InChI is InChI=1S/C21H28N4O3.HI/c26-20(19-8-4-16-28-19)24-11-13-25(14-12-24)21(23-17-5-1-2-6-17)22-10-9-18-7-3-15-27-18;/h3-4,7-8,15-17H,1-2,5-6,9-14H2,(H,22,23);1H. The van der Waals surface area contributed by atoms with Crippen molar-refractivity contribution in [1.82, 2.24) is 15.1 Å². The molecular formula is C21H29IN4O3. The van der Waals surface area contributed by atoms with E-state index < -0.39 is 0 Å². The van der Waals surface area contributed by atoms with Gasteiger partial charge in [-0.05, 0) is 37.1 Å². The molecule has 7 nitrogen and oxygen atoms in total. The monoisotopic (exact) mass is 512 g/mol. The molecular weight excluding hydrogens is 483 g/mol. The Bertz CT molecular complexity index is 762. The SMILES string of the molecule is I.O=C(c1ccco1)N1CCN(C(=NCCc2ccco2)NC2CCCC2)CC1. The Kier molecular flexibility index (Phi) is 8.02. The summed E-state index contributed by atoms with van der Waals surface area (Å²) in [5.41, 5.74) is 0. The van der Waals surface area contributed by atoms with Crippen LogP contribution in [0.15, 0.2) is 50.6 Å². The lowest BCUT2D eigenvalue weighted by atomic mass is 10.2. The molecule has 0 unspecified atom stereocenters. The summed E-state index contributed by atoms with van der Waals surface area (Å²) in [6.07, 6.45) is 9.00. The third kappa shape index (κ3) is 5.77. The van der Waals surface area contributed by atoms with Crippen LogP contribution in [0, 0.1) is 0 Å². The van der Waals surface area contributed by atoms with Crippen molar-refractivity contribution in [3.8, 4) is 0 Å². The van der Waals surface area contributed by atoms with Gasteiger partial charge in [-0.25, -0.2) is 0 Å². The number of piperazine rings is 1. The van der Waals surface area contributed by atoms with Gasteiger partial charge in [0.1, 0.15) is 5.76 Å². The van der Waals surface area contributed by atoms with E-state index >= 15 is 0 Å². The molecule has 2 aromatic heterocycles. The number of amides is 1. The van der Waals surface area contributed by atoms with Gasteiger partial charge in [-0.15, -0.1) is 24.0 Å². The quantitative estimate of drug-likeness (QED) is 0.378. The zero-order valence-electron chi connectivity index (χ0n) is 16.6. The highest BCUT2D eigenvalue weighted by molar-refractivity contribution is 14.0.